The van der Waals surface area contributed by atoms with E-state index in [0.29, 0.717) is 18.0 Å². The van der Waals surface area contributed by atoms with Crippen LogP contribution in [0.1, 0.15) is 38.7 Å². The van der Waals surface area contributed by atoms with Gasteiger partial charge >= 0.3 is 0 Å². The van der Waals surface area contributed by atoms with Crippen LogP contribution in [0.3, 0.4) is 0 Å². The normalized spacial score (nSPS) is 12.6. The molecule has 0 saturated carbocycles. The summed E-state index contributed by atoms with van der Waals surface area (Å²) in [6.45, 7) is 6.44. The highest BCUT2D eigenvalue weighted by Crippen LogP contribution is 2.32. The van der Waals surface area contributed by atoms with Crippen molar-refractivity contribution in [2.75, 3.05) is 19.9 Å². The molecule has 0 aliphatic carbocycles. The summed E-state index contributed by atoms with van der Waals surface area (Å²) in [5.41, 5.74) is 1.02. The summed E-state index contributed by atoms with van der Waals surface area (Å²) in [4.78, 5) is 14.4. The van der Waals surface area contributed by atoms with Gasteiger partial charge in [0, 0.05) is 25.8 Å². The van der Waals surface area contributed by atoms with Crippen LogP contribution < -0.4 is 14.8 Å². The SMILES string of the molecule is CCCCN(/C=C(/C#N)C(=O)NCc1ccc2c(c1)OCO2)CCC. The van der Waals surface area contributed by atoms with Gasteiger partial charge in [-0.15, -0.1) is 0 Å². The van der Waals surface area contributed by atoms with Gasteiger partial charge in [-0.2, -0.15) is 5.26 Å². The lowest BCUT2D eigenvalue weighted by molar-refractivity contribution is -0.117. The lowest BCUT2D eigenvalue weighted by Crippen LogP contribution is -2.27. The number of fused-ring (bicyclic) bond motifs is 1. The molecule has 1 aliphatic rings. The van der Waals surface area contributed by atoms with Gasteiger partial charge in [-0.3, -0.25) is 4.79 Å². The minimum absolute atomic E-state index is 0.130. The van der Waals surface area contributed by atoms with Crippen LogP contribution in [0, 0.1) is 11.3 Å². The van der Waals surface area contributed by atoms with Gasteiger partial charge in [-0.25, -0.2) is 0 Å². The first-order chi connectivity index (χ1) is 12.2. The summed E-state index contributed by atoms with van der Waals surface area (Å²) in [6, 6.07) is 7.53. The van der Waals surface area contributed by atoms with Crippen molar-refractivity contribution in [1.29, 1.82) is 5.26 Å². The number of nitriles is 1. The molecule has 6 nitrogen and oxygen atoms in total. The Balaban J connectivity index is 1.96. The third-order valence-electron chi connectivity index (χ3n) is 3.88. The van der Waals surface area contributed by atoms with E-state index in [9.17, 15) is 10.1 Å². The number of nitrogens with one attached hydrogen (secondary N) is 1. The molecule has 0 unspecified atom stereocenters. The molecule has 0 bridgehead atoms. The molecule has 0 saturated heterocycles. The standard InChI is InChI=1S/C19H25N3O3/c1-3-5-9-22(8-4-2)13-16(11-20)19(23)21-12-15-6-7-17-18(10-15)25-14-24-17/h6-7,10,13H,3-5,8-9,12,14H2,1-2H3,(H,21,23)/b16-13-. The van der Waals surface area contributed by atoms with Crippen LogP contribution in [0.5, 0.6) is 11.5 Å². The summed E-state index contributed by atoms with van der Waals surface area (Å²) < 4.78 is 10.6. The molecule has 0 atom stereocenters. The predicted molar refractivity (Wildman–Crippen MR) is 94.9 cm³/mol. The Bertz CT molecular complexity index is 664. The van der Waals surface area contributed by atoms with Gasteiger partial charge < -0.3 is 19.7 Å². The summed E-state index contributed by atoms with van der Waals surface area (Å²) in [7, 11) is 0. The maximum atomic E-state index is 12.3. The van der Waals surface area contributed by atoms with Gasteiger partial charge in [0.2, 0.25) is 6.79 Å². The van der Waals surface area contributed by atoms with Gasteiger partial charge in [-0.1, -0.05) is 26.3 Å². The van der Waals surface area contributed by atoms with Crippen molar-refractivity contribution < 1.29 is 14.3 Å². The van der Waals surface area contributed by atoms with Gasteiger partial charge in [-0.05, 0) is 30.5 Å². The molecule has 134 valence electrons. The Morgan fingerprint density at radius 2 is 2.08 bits per heavy atom. The van der Waals surface area contributed by atoms with Crippen LogP contribution >= 0.6 is 0 Å². The topological polar surface area (TPSA) is 74.6 Å². The van der Waals surface area contributed by atoms with Crippen molar-refractivity contribution in [3.63, 3.8) is 0 Å². The maximum absolute atomic E-state index is 12.3. The van der Waals surface area contributed by atoms with Crippen molar-refractivity contribution in [3.8, 4) is 17.6 Å². The van der Waals surface area contributed by atoms with Gasteiger partial charge in [0.15, 0.2) is 11.5 Å². The lowest BCUT2D eigenvalue weighted by Gasteiger charge is -2.19. The van der Waals surface area contributed by atoms with Crippen LogP contribution in [0.2, 0.25) is 0 Å². The summed E-state index contributed by atoms with van der Waals surface area (Å²) >= 11 is 0. The minimum Gasteiger partial charge on any atom is -0.454 e. The van der Waals surface area contributed by atoms with Crippen molar-refractivity contribution in [1.82, 2.24) is 10.2 Å². The predicted octanol–water partition coefficient (Wildman–Crippen LogP) is 2.95. The van der Waals surface area contributed by atoms with Crippen LogP contribution in [0.25, 0.3) is 0 Å². The van der Waals surface area contributed by atoms with Crippen molar-refractivity contribution in [3.05, 3.63) is 35.5 Å². The van der Waals surface area contributed by atoms with Gasteiger partial charge in [0.25, 0.3) is 5.91 Å². The molecule has 1 aromatic rings. The maximum Gasteiger partial charge on any atom is 0.263 e. The molecular formula is C19H25N3O3. The highest BCUT2D eigenvalue weighted by Gasteiger charge is 2.15. The third kappa shape index (κ3) is 5.42. The molecule has 1 heterocycles. The number of hydrogen-bond acceptors (Lipinski definition) is 5. The number of unbranched alkanes of at least 4 members (excludes halogenated alkanes) is 1. The van der Waals surface area contributed by atoms with E-state index < -0.39 is 0 Å². The Hall–Kier alpha value is -2.68. The average molecular weight is 343 g/mol. The molecule has 0 fully saturated rings. The lowest BCUT2D eigenvalue weighted by atomic mass is 10.2. The zero-order chi connectivity index (χ0) is 18.1. The van der Waals surface area contributed by atoms with E-state index in [-0.39, 0.29) is 18.3 Å². The number of benzene rings is 1. The van der Waals surface area contributed by atoms with Crippen LogP contribution in [-0.2, 0) is 11.3 Å². The number of ether oxygens (including phenoxy) is 2. The number of rotatable bonds is 9. The summed E-state index contributed by atoms with van der Waals surface area (Å²) in [5.74, 6) is 1.02. The Kier molecular flexibility index (Phi) is 7.15. The number of carbonyl (C=O) groups is 1. The number of nitrogens with zero attached hydrogens (tertiary/aromatic N) is 2. The van der Waals surface area contributed by atoms with E-state index in [4.69, 9.17) is 9.47 Å². The molecule has 2 rings (SSSR count). The number of hydrogen-bond donors (Lipinski definition) is 1. The smallest absolute Gasteiger partial charge is 0.263 e. The fourth-order valence-corrected chi connectivity index (χ4v) is 2.54. The average Bonchev–Trinajstić information content (AvgIpc) is 3.09. The molecule has 1 aromatic carbocycles. The third-order valence-corrected chi connectivity index (χ3v) is 3.88. The van der Waals surface area contributed by atoms with Crippen LogP contribution in [0.15, 0.2) is 30.0 Å². The minimum atomic E-state index is -0.363. The molecule has 1 amide bonds. The van der Waals surface area contributed by atoms with E-state index >= 15 is 0 Å². The zero-order valence-corrected chi connectivity index (χ0v) is 14.9. The van der Waals surface area contributed by atoms with Crippen molar-refractivity contribution >= 4 is 5.91 Å². The van der Waals surface area contributed by atoms with Crippen molar-refractivity contribution in [2.45, 2.75) is 39.7 Å². The second kappa shape index (κ2) is 9.58. The monoisotopic (exact) mass is 343 g/mol. The van der Waals surface area contributed by atoms with Gasteiger partial charge in [0.05, 0.1) is 0 Å². The molecule has 25 heavy (non-hydrogen) atoms. The Morgan fingerprint density at radius 3 is 2.80 bits per heavy atom. The first-order valence-electron chi connectivity index (χ1n) is 8.70. The van der Waals surface area contributed by atoms with E-state index in [0.717, 1.165) is 37.9 Å². The van der Waals surface area contributed by atoms with Crippen molar-refractivity contribution in [2.24, 2.45) is 0 Å². The van der Waals surface area contributed by atoms with E-state index in [2.05, 4.69) is 19.2 Å². The fourth-order valence-electron chi connectivity index (χ4n) is 2.54. The summed E-state index contributed by atoms with van der Waals surface area (Å²) in [5, 5.41) is 12.1. The highest BCUT2D eigenvalue weighted by molar-refractivity contribution is 5.97. The van der Waals surface area contributed by atoms with Crippen LogP contribution in [-0.4, -0.2) is 30.7 Å². The molecule has 0 radical (unpaired) electrons. The first kappa shape index (κ1) is 18.7. The molecule has 1 N–H and O–H groups in total. The molecule has 0 aromatic heterocycles. The quantitative estimate of drug-likeness (QED) is 0.551. The van der Waals surface area contributed by atoms with Crippen LogP contribution in [0.4, 0.5) is 0 Å². The Morgan fingerprint density at radius 1 is 1.28 bits per heavy atom. The fraction of sp³-hybridized carbons (Fsp3) is 0.474. The van der Waals surface area contributed by atoms with E-state index in [1.54, 1.807) is 6.20 Å². The highest BCUT2D eigenvalue weighted by atomic mass is 16.7. The number of carbonyl (C=O) groups excluding carboxylic acids is 1. The second-order valence-corrected chi connectivity index (χ2v) is 5.91. The molecular weight excluding hydrogens is 318 g/mol. The number of amides is 1. The van der Waals surface area contributed by atoms with E-state index in [1.165, 1.54) is 0 Å². The largest absolute Gasteiger partial charge is 0.454 e. The second-order valence-electron chi connectivity index (χ2n) is 5.91. The first-order valence-corrected chi connectivity index (χ1v) is 8.70. The summed E-state index contributed by atoms with van der Waals surface area (Å²) in [6.07, 6.45) is 4.76. The van der Waals surface area contributed by atoms with E-state index in [1.807, 2.05) is 29.2 Å². The molecule has 6 heteroatoms. The zero-order valence-electron chi connectivity index (χ0n) is 14.9. The Labute approximate surface area is 149 Å². The van der Waals surface area contributed by atoms with Gasteiger partial charge in [0.1, 0.15) is 11.6 Å². The molecule has 1 aliphatic heterocycles. The molecule has 0 spiro atoms.